The lowest BCUT2D eigenvalue weighted by molar-refractivity contribution is 0.0948. The lowest BCUT2D eigenvalue weighted by atomic mass is 10.1. The topological polar surface area (TPSA) is 80.0 Å². The van der Waals surface area contributed by atoms with Gasteiger partial charge in [0, 0.05) is 6.54 Å². The Hall–Kier alpha value is -2.11. The fourth-order valence-electron chi connectivity index (χ4n) is 1.90. The molecule has 6 heteroatoms. The molecular weight excluding hydrogens is 288 g/mol. The van der Waals surface area contributed by atoms with Crippen LogP contribution in [0.5, 0.6) is 0 Å². The van der Waals surface area contributed by atoms with Crippen LogP contribution in [0.3, 0.4) is 0 Å². The highest BCUT2D eigenvalue weighted by molar-refractivity contribution is 6.33. The van der Waals surface area contributed by atoms with E-state index in [9.17, 15) is 4.79 Å². The summed E-state index contributed by atoms with van der Waals surface area (Å²) in [4.78, 5) is 16.1. The minimum Gasteiger partial charge on any atom is -0.351 e. The molecule has 2 rings (SSSR count). The van der Waals surface area contributed by atoms with Crippen molar-refractivity contribution in [2.24, 2.45) is 5.84 Å². The molecule has 4 N–H and O–H groups in total. The number of nitrogen functional groups attached to an aromatic ring is 1. The van der Waals surface area contributed by atoms with Gasteiger partial charge >= 0.3 is 0 Å². The zero-order valence-electron chi connectivity index (χ0n) is 11.5. The van der Waals surface area contributed by atoms with Gasteiger partial charge in [0.15, 0.2) is 0 Å². The second kappa shape index (κ2) is 7.61. The van der Waals surface area contributed by atoms with Crippen molar-refractivity contribution in [1.82, 2.24) is 10.3 Å². The normalized spacial score (nSPS) is 10.2. The van der Waals surface area contributed by atoms with E-state index in [4.69, 9.17) is 17.4 Å². The molecule has 0 radical (unpaired) electrons. The Kier molecular flexibility index (Phi) is 5.54. The van der Waals surface area contributed by atoms with Crippen LogP contribution < -0.4 is 16.6 Å². The number of halogens is 1. The highest BCUT2D eigenvalue weighted by atomic mass is 35.5. The van der Waals surface area contributed by atoms with Gasteiger partial charge in [-0.25, -0.2) is 10.8 Å². The van der Waals surface area contributed by atoms with Crippen LogP contribution in [0.15, 0.2) is 42.5 Å². The van der Waals surface area contributed by atoms with Crippen LogP contribution >= 0.6 is 11.6 Å². The van der Waals surface area contributed by atoms with E-state index < -0.39 is 0 Å². The summed E-state index contributed by atoms with van der Waals surface area (Å²) in [6.07, 6.45) is 1.76. The molecule has 1 aromatic heterocycles. The number of rotatable bonds is 6. The number of aryl methyl sites for hydroxylation is 1. The predicted molar refractivity (Wildman–Crippen MR) is 84.2 cm³/mol. The molecule has 0 aliphatic carbocycles. The van der Waals surface area contributed by atoms with E-state index in [1.165, 1.54) is 5.56 Å². The molecule has 0 unspecified atom stereocenters. The van der Waals surface area contributed by atoms with Crippen LogP contribution in [0.4, 0.5) is 5.82 Å². The molecule has 2 aromatic rings. The van der Waals surface area contributed by atoms with Gasteiger partial charge in [0.1, 0.15) is 11.5 Å². The van der Waals surface area contributed by atoms with Gasteiger partial charge in [0.2, 0.25) is 0 Å². The second-order valence-electron chi connectivity index (χ2n) is 4.52. The van der Waals surface area contributed by atoms with E-state index >= 15 is 0 Å². The molecule has 0 aliphatic heterocycles. The minimum absolute atomic E-state index is 0.173. The van der Waals surface area contributed by atoms with Crippen LogP contribution in [-0.2, 0) is 6.42 Å². The number of aromatic nitrogens is 1. The molecule has 110 valence electrons. The Morgan fingerprint density at radius 2 is 1.95 bits per heavy atom. The van der Waals surface area contributed by atoms with Gasteiger partial charge in [-0.2, -0.15) is 0 Å². The quantitative estimate of drug-likeness (QED) is 0.435. The summed E-state index contributed by atoms with van der Waals surface area (Å²) in [5.74, 6) is 5.36. The van der Waals surface area contributed by atoms with Crippen molar-refractivity contribution in [3.63, 3.8) is 0 Å². The lowest BCUT2D eigenvalue weighted by Crippen LogP contribution is -2.26. The number of carbonyl (C=O) groups is 1. The fourth-order valence-corrected chi connectivity index (χ4v) is 2.10. The Morgan fingerprint density at radius 1 is 1.19 bits per heavy atom. The lowest BCUT2D eigenvalue weighted by Gasteiger charge is -2.07. The zero-order chi connectivity index (χ0) is 15.1. The predicted octanol–water partition coefficient (Wildman–Crippen LogP) is 2.38. The van der Waals surface area contributed by atoms with Crippen molar-refractivity contribution in [3.05, 3.63) is 58.7 Å². The molecule has 1 aromatic carbocycles. The van der Waals surface area contributed by atoms with Crippen LogP contribution in [0.2, 0.25) is 5.02 Å². The van der Waals surface area contributed by atoms with E-state index in [-0.39, 0.29) is 11.6 Å². The Morgan fingerprint density at radius 3 is 2.67 bits per heavy atom. The maximum Gasteiger partial charge on any atom is 0.271 e. The maximum atomic E-state index is 12.0. The Bertz CT molecular complexity index is 604. The standard InChI is InChI=1S/C15H17ClN4O/c16-12-8-9-13(20-17)19-14(12)15(21)18-10-4-7-11-5-2-1-3-6-11/h1-3,5-6,8-9H,4,7,10,17H2,(H,18,21)(H,19,20). The van der Waals surface area contributed by atoms with E-state index in [1.807, 2.05) is 18.2 Å². The molecule has 0 saturated carbocycles. The third kappa shape index (κ3) is 4.44. The third-order valence-electron chi connectivity index (χ3n) is 2.98. The summed E-state index contributed by atoms with van der Waals surface area (Å²) >= 11 is 5.96. The number of benzene rings is 1. The Balaban J connectivity index is 1.84. The van der Waals surface area contributed by atoms with Crippen LogP contribution in [-0.4, -0.2) is 17.4 Å². The van der Waals surface area contributed by atoms with Crippen LogP contribution in [0.1, 0.15) is 22.5 Å². The average molecular weight is 305 g/mol. The van der Waals surface area contributed by atoms with Crippen molar-refractivity contribution in [2.75, 3.05) is 12.0 Å². The number of carbonyl (C=O) groups excluding carboxylic acids is 1. The number of hydrogen-bond acceptors (Lipinski definition) is 4. The molecule has 5 nitrogen and oxygen atoms in total. The van der Waals surface area contributed by atoms with Crippen molar-refractivity contribution >= 4 is 23.3 Å². The van der Waals surface area contributed by atoms with E-state index in [0.717, 1.165) is 12.8 Å². The van der Waals surface area contributed by atoms with E-state index in [2.05, 4.69) is 27.9 Å². The van der Waals surface area contributed by atoms with Crippen molar-refractivity contribution < 1.29 is 4.79 Å². The second-order valence-corrected chi connectivity index (χ2v) is 4.92. The average Bonchev–Trinajstić information content (AvgIpc) is 2.53. The molecule has 0 spiro atoms. The first kappa shape index (κ1) is 15.3. The van der Waals surface area contributed by atoms with Crippen LogP contribution in [0, 0.1) is 0 Å². The molecule has 0 saturated heterocycles. The van der Waals surface area contributed by atoms with Gasteiger partial charge in [-0.3, -0.25) is 4.79 Å². The smallest absolute Gasteiger partial charge is 0.271 e. The number of anilines is 1. The van der Waals surface area contributed by atoms with Gasteiger partial charge in [-0.1, -0.05) is 41.9 Å². The molecule has 0 atom stereocenters. The highest BCUT2D eigenvalue weighted by Crippen LogP contribution is 2.16. The van der Waals surface area contributed by atoms with Gasteiger partial charge in [-0.05, 0) is 30.5 Å². The molecule has 0 bridgehead atoms. The summed E-state index contributed by atoms with van der Waals surface area (Å²) in [6, 6.07) is 13.3. The molecule has 0 aliphatic rings. The number of hydrazine groups is 1. The highest BCUT2D eigenvalue weighted by Gasteiger charge is 2.12. The summed E-state index contributed by atoms with van der Waals surface area (Å²) in [7, 11) is 0. The van der Waals surface area contributed by atoms with Crippen molar-refractivity contribution in [1.29, 1.82) is 0 Å². The number of nitrogens with two attached hydrogens (primary N) is 1. The monoisotopic (exact) mass is 304 g/mol. The molecule has 1 amide bonds. The van der Waals surface area contributed by atoms with Gasteiger partial charge in [0.25, 0.3) is 5.91 Å². The third-order valence-corrected chi connectivity index (χ3v) is 3.28. The number of hydrogen-bond donors (Lipinski definition) is 3. The number of pyridine rings is 1. The molecule has 21 heavy (non-hydrogen) atoms. The van der Waals surface area contributed by atoms with Crippen molar-refractivity contribution in [2.45, 2.75) is 12.8 Å². The summed E-state index contributed by atoms with van der Waals surface area (Å²) in [5, 5.41) is 3.11. The first-order chi connectivity index (χ1) is 10.2. The number of nitrogens with one attached hydrogen (secondary N) is 2. The fraction of sp³-hybridized carbons (Fsp3) is 0.200. The van der Waals surface area contributed by atoms with E-state index in [1.54, 1.807) is 12.1 Å². The maximum absolute atomic E-state index is 12.0. The number of nitrogens with zero attached hydrogens (tertiary/aromatic N) is 1. The summed E-state index contributed by atoms with van der Waals surface area (Å²) < 4.78 is 0. The molecular formula is C15H17ClN4O. The van der Waals surface area contributed by atoms with Gasteiger partial charge < -0.3 is 10.7 Å². The first-order valence-electron chi connectivity index (χ1n) is 6.66. The van der Waals surface area contributed by atoms with Gasteiger partial charge in [0.05, 0.1) is 5.02 Å². The molecule has 1 heterocycles. The minimum atomic E-state index is -0.301. The van der Waals surface area contributed by atoms with Crippen molar-refractivity contribution in [3.8, 4) is 0 Å². The largest absolute Gasteiger partial charge is 0.351 e. The van der Waals surface area contributed by atoms with Gasteiger partial charge in [-0.15, -0.1) is 0 Å². The Labute approximate surface area is 128 Å². The SMILES string of the molecule is NNc1ccc(Cl)c(C(=O)NCCCc2ccccc2)n1. The summed E-state index contributed by atoms with van der Waals surface area (Å²) in [5.41, 5.74) is 3.81. The molecule has 0 fully saturated rings. The van der Waals surface area contributed by atoms with Crippen LogP contribution in [0.25, 0.3) is 0 Å². The van der Waals surface area contributed by atoms with E-state index in [0.29, 0.717) is 17.4 Å². The number of amides is 1. The summed E-state index contributed by atoms with van der Waals surface area (Å²) in [6.45, 7) is 0.562. The zero-order valence-corrected chi connectivity index (χ0v) is 12.2. The first-order valence-corrected chi connectivity index (χ1v) is 7.04.